The Bertz CT molecular complexity index is 257. The van der Waals surface area contributed by atoms with Crippen LogP contribution in [0.1, 0.15) is 0 Å². The fraction of sp³-hybridized carbons (Fsp3) is 0.444. The van der Waals surface area contributed by atoms with Crippen molar-refractivity contribution in [2.75, 3.05) is 6.61 Å². The highest BCUT2D eigenvalue weighted by atomic mass is 35.5. The number of halogens is 1. The summed E-state index contributed by atoms with van der Waals surface area (Å²) in [4.78, 5) is 10.6. The Morgan fingerprint density at radius 1 is 1.67 bits per heavy atom. The van der Waals surface area contributed by atoms with Crippen LogP contribution in [0.3, 0.4) is 0 Å². The normalized spacial score (nSPS) is 39.1. The number of aldehydes is 1. The van der Waals surface area contributed by atoms with Gasteiger partial charge >= 0.3 is 0 Å². The van der Waals surface area contributed by atoms with E-state index in [-0.39, 0.29) is 17.9 Å². The molecule has 1 fully saturated rings. The van der Waals surface area contributed by atoms with Crippen molar-refractivity contribution in [2.24, 2.45) is 11.8 Å². The van der Waals surface area contributed by atoms with Crippen LogP contribution in [0.5, 0.6) is 0 Å². The molecular formula is C9H9ClO2. The van der Waals surface area contributed by atoms with Crippen LogP contribution in [0, 0.1) is 11.8 Å². The molecule has 2 aliphatic rings. The Morgan fingerprint density at radius 2 is 2.50 bits per heavy atom. The van der Waals surface area contributed by atoms with Gasteiger partial charge in [0.15, 0.2) is 0 Å². The van der Waals surface area contributed by atoms with Crippen LogP contribution >= 0.6 is 11.6 Å². The largest absolute Gasteiger partial charge is 0.371 e. The molecule has 2 nitrogen and oxygen atoms in total. The summed E-state index contributed by atoms with van der Waals surface area (Å²) in [6.07, 6.45) is 6.56. The van der Waals surface area contributed by atoms with E-state index in [0.29, 0.717) is 11.6 Å². The van der Waals surface area contributed by atoms with Crippen LogP contribution in [0.25, 0.3) is 0 Å². The number of ether oxygens (including phenoxy) is 1. The summed E-state index contributed by atoms with van der Waals surface area (Å²) in [6, 6.07) is 0. The molecule has 0 spiro atoms. The molecule has 0 N–H and O–H groups in total. The second-order valence-corrected chi connectivity index (χ2v) is 3.50. The van der Waals surface area contributed by atoms with Gasteiger partial charge in [0.2, 0.25) is 0 Å². The van der Waals surface area contributed by atoms with E-state index in [1.54, 1.807) is 0 Å². The maximum Gasteiger partial charge on any atom is 0.126 e. The zero-order chi connectivity index (χ0) is 8.55. The Kier molecular flexibility index (Phi) is 2.03. The van der Waals surface area contributed by atoms with E-state index < -0.39 is 0 Å². The Hall–Kier alpha value is -0.600. The molecule has 3 unspecified atom stereocenters. The molecule has 0 aromatic carbocycles. The van der Waals surface area contributed by atoms with Gasteiger partial charge in [-0.05, 0) is 6.08 Å². The number of carbonyl (C=O) groups is 1. The standard InChI is InChI=1S/C9H9ClO2/c10-8-3-1-2-7-6(4-11)5-12-9(7)8/h1-4,6-7,9H,5H2. The molecule has 12 heavy (non-hydrogen) atoms. The summed E-state index contributed by atoms with van der Waals surface area (Å²) in [6.45, 7) is 0.493. The predicted molar refractivity (Wildman–Crippen MR) is 45.9 cm³/mol. The number of fused-ring (bicyclic) bond motifs is 1. The monoisotopic (exact) mass is 184 g/mol. The van der Waals surface area contributed by atoms with Gasteiger partial charge < -0.3 is 9.53 Å². The third-order valence-electron chi connectivity index (χ3n) is 2.35. The fourth-order valence-corrected chi connectivity index (χ4v) is 1.95. The number of hydrogen-bond donors (Lipinski definition) is 0. The first-order valence-corrected chi connectivity index (χ1v) is 4.31. The molecular weight excluding hydrogens is 176 g/mol. The van der Waals surface area contributed by atoms with Crippen molar-refractivity contribution in [1.29, 1.82) is 0 Å². The minimum absolute atomic E-state index is 0.0197. The van der Waals surface area contributed by atoms with E-state index >= 15 is 0 Å². The van der Waals surface area contributed by atoms with Gasteiger partial charge in [-0.25, -0.2) is 0 Å². The second kappa shape index (κ2) is 3.04. The zero-order valence-electron chi connectivity index (χ0n) is 6.44. The van der Waals surface area contributed by atoms with Gasteiger partial charge in [0.1, 0.15) is 12.4 Å². The van der Waals surface area contributed by atoms with Crippen molar-refractivity contribution in [1.82, 2.24) is 0 Å². The molecule has 2 rings (SSSR count). The number of rotatable bonds is 1. The lowest BCUT2D eigenvalue weighted by Crippen LogP contribution is -2.21. The zero-order valence-corrected chi connectivity index (χ0v) is 7.20. The minimum atomic E-state index is -0.0770. The molecule has 0 bridgehead atoms. The molecule has 1 aliphatic carbocycles. The van der Waals surface area contributed by atoms with E-state index in [9.17, 15) is 4.79 Å². The lowest BCUT2D eigenvalue weighted by Gasteiger charge is -2.18. The van der Waals surface area contributed by atoms with Crippen molar-refractivity contribution < 1.29 is 9.53 Å². The molecule has 3 atom stereocenters. The maximum absolute atomic E-state index is 10.6. The molecule has 3 heteroatoms. The van der Waals surface area contributed by atoms with E-state index in [1.165, 1.54) is 0 Å². The van der Waals surface area contributed by atoms with E-state index in [1.807, 2.05) is 18.2 Å². The first-order valence-electron chi connectivity index (χ1n) is 3.93. The molecule has 0 radical (unpaired) electrons. The van der Waals surface area contributed by atoms with Crippen LogP contribution in [-0.2, 0) is 9.53 Å². The molecule has 1 heterocycles. The first kappa shape index (κ1) is 8.02. The smallest absolute Gasteiger partial charge is 0.126 e. The highest BCUT2D eigenvalue weighted by Crippen LogP contribution is 2.35. The van der Waals surface area contributed by atoms with Crippen molar-refractivity contribution in [2.45, 2.75) is 6.10 Å². The summed E-state index contributed by atoms with van der Waals surface area (Å²) in [7, 11) is 0. The van der Waals surface area contributed by atoms with Gasteiger partial charge in [-0.15, -0.1) is 0 Å². The highest BCUT2D eigenvalue weighted by Gasteiger charge is 2.37. The lowest BCUT2D eigenvalue weighted by atomic mass is 9.89. The van der Waals surface area contributed by atoms with E-state index in [0.717, 1.165) is 6.29 Å². The predicted octanol–water partition coefficient (Wildman–Crippen LogP) is 1.51. The van der Waals surface area contributed by atoms with Gasteiger partial charge in [0.05, 0.1) is 6.61 Å². The fourth-order valence-electron chi connectivity index (χ4n) is 1.67. The Morgan fingerprint density at radius 3 is 3.25 bits per heavy atom. The summed E-state index contributed by atoms with van der Waals surface area (Å²) in [5, 5.41) is 0.701. The first-order chi connectivity index (χ1) is 5.83. The van der Waals surface area contributed by atoms with Crippen LogP contribution in [0.15, 0.2) is 23.3 Å². The summed E-state index contributed by atoms with van der Waals surface area (Å²) in [5.41, 5.74) is 0. The Labute approximate surface area is 75.8 Å². The van der Waals surface area contributed by atoms with Crippen LogP contribution < -0.4 is 0 Å². The number of hydrogen-bond acceptors (Lipinski definition) is 2. The molecule has 0 saturated carbocycles. The van der Waals surface area contributed by atoms with Gasteiger partial charge in [0, 0.05) is 16.9 Å². The summed E-state index contributed by atoms with van der Waals surface area (Å²) in [5.74, 6) is 0.133. The maximum atomic E-state index is 10.6. The lowest BCUT2D eigenvalue weighted by molar-refractivity contribution is -0.111. The van der Waals surface area contributed by atoms with Crippen molar-refractivity contribution >= 4 is 17.9 Å². The average Bonchev–Trinajstić information content (AvgIpc) is 2.49. The quantitative estimate of drug-likeness (QED) is 0.578. The van der Waals surface area contributed by atoms with Crippen molar-refractivity contribution in [3.05, 3.63) is 23.3 Å². The summed E-state index contributed by atoms with van der Waals surface area (Å²) < 4.78 is 5.39. The van der Waals surface area contributed by atoms with E-state index in [4.69, 9.17) is 16.3 Å². The molecule has 0 aromatic rings. The second-order valence-electron chi connectivity index (χ2n) is 3.07. The number of carbonyl (C=O) groups excluding carboxylic acids is 1. The molecule has 0 aromatic heterocycles. The van der Waals surface area contributed by atoms with E-state index in [2.05, 4.69) is 0 Å². The highest BCUT2D eigenvalue weighted by molar-refractivity contribution is 6.30. The SMILES string of the molecule is O=CC1COC2C(Cl)=CC=CC12. The van der Waals surface area contributed by atoms with Gasteiger partial charge in [-0.2, -0.15) is 0 Å². The van der Waals surface area contributed by atoms with Gasteiger partial charge in [-0.1, -0.05) is 23.8 Å². The molecule has 64 valence electrons. The number of allylic oxidation sites excluding steroid dienone is 2. The van der Waals surface area contributed by atoms with Crippen LogP contribution in [-0.4, -0.2) is 19.0 Å². The van der Waals surface area contributed by atoms with Crippen molar-refractivity contribution in [3.8, 4) is 0 Å². The molecule has 1 saturated heterocycles. The third-order valence-corrected chi connectivity index (χ3v) is 2.69. The molecule has 1 aliphatic heterocycles. The van der Waals surface area contributed by atoms with Gasteiger partial charge in [-0.3, -0.25) is 0 Å². The topological polar surface area (TPSA) is 26.3 Å². The van der Waals surface area contributed by atoms with Crippen LogP contribution in [0.2, 0.25) is 0 Å². The average molecular weight is 185 g/mol. The van der Waals surface area contributed by atoms with Crippen molar-refractivity contribution in [3.63, 3.8) is 0 Å². The Balaban J connectivity index is 2.23. The summed E-state index contributed by atoms with van der Waals surface area (Å²) >= 11 is 5.91. The molecule has 0 amide bonds. The van der Waals surface area contributed by atoms with Gasteiger partial charge in [0.25, 0.3) is 0 Å². The minimum Gasteiger partial charge on any atom is -0.371 e. The third kappa shape index (κ3) is 1.11. The van der Waals surface area contributed by atoms with Crippen LogP contribution in [0.4, 0.5) is 0 Å².